The van der Waals surface area contributed by atoms with Gasteiger partial charge in [-0.15, -0.1) is 0 Å². The number of carboxylic acids is 1. The fourth-order valence-electron chi connectivity index (χ4n) is 5.32. The second kappa shape index (κ2) is 11.3. The lowest BCUT2D eigenvalue weighted by atomic mass is 9.85. The van der Waals surface area contributed by atoms with E-state index in [0.29, 0.717) is 6.54 Å². The van der Waals surface area contributed by atoms with E-state index in [0.717, 1.165) is 24.8 Å². The third kappa shape index (κ3) is 6.36. The SMILES string of the molecule is CC(C)[C@H](NC(=O)OCc1ccccc1)C(=O)N[C@@H](C(=O)N1C[C@@H]2CCC[C@@H]2[C@H]1C(=O)O)C(C)(C)C. The molecular weight excluding hydrogens is 462 g/mol. The predicted octanol–water partition coefficient (Wildman–Crippen LogP) is 3.18. The van der Waals surface area contributed by atoms with Gasteiger partial charge >= 0.3 is 12.1 Å². The van der Waals surface area contributed by atoms with Gasteiger partial charge < -0.3 is 25.4 Å². The van der Waals surface area contributed by atoms with Crippen LogP contribution in [0, 0.1) is 23.2 Å². The molecule has 0 bridgehead atoms. The largest absolute Gasteiger partial charge is 0.480 e. The van der Waals surface area contributed by atoms with Gasteiger partial charge in [-0.3, -0.25) is 9.59 Å². The zero-order chi connectivity index (χ0) is 26.6. The van der Waals surface area contributed by atoms with Gasteiger partial charge in [0.2, 0.25) is 11.8 Å². The smallest absolute Gasteiger partial charge is 0.408 e. The topological polar surface area (TPSA) is 125 Å². The second-order valence-corrected chi connectivity index (χ2v) is 11.4. The quantitative estimate of drug-likeness (QED) is 0.502. The molecule has 1 saturated heterocycles. The highest BCUT2D eigenvalue weighted by molar-refractivity contribution is 5.94. The molecule has 0 unspecified atom stereocenters. The van der Waals surface area contributed by atoms with Crippen LogP contribution in [0.3, 0.4) is 0 Å². The number of carboxylic acid groups (broad SMARTS) is 1. The van der Waals surface area contributed by atoms with Crippen molar-refractivity contribution in [2.45, 2.75) is 78.6 Å². The summed E-state index contributed by atoms with van der Waals surface area (Å²) < 4.78 is 5.27. The number of aliphatic carboxylic acids is 1. The average molecular weight is 502 g/mol. The van der Waals surface area contributed by atoms with Crippen LogP contribution in [0.1, 0.15) is 59.4 Å². The van der Waals surface area contributed by atoms with Crippen molar-refractivity contribution in [2.24, 2.45) is 23.2 Å². The minimum Gasteiger partial charge on any atom is -0.480 e. The van der Waals surface area contributed by atoms with Gasteiger partial charge in [-0.05, 0) is 41.6 Å². The Balaban J connectivity index is 1.70. The predicted molar refractivity (Wildman–Crippen MR) is 134 cm³/mol. The number of nitrogens with zero attached hydrogens (tertiary/aromatic N) is 1. The number of hydrogen-bond donors (Lipinski definition) is 3. The Bertz CT molecular complexity index is 958. The highest BCUT2D eigenvalue weighted by atomic mass is 16.5. The summed E-state index contributed by atoms with van der Waals surface area (Å²) >= 11 is 0. The van der Waals surface area contributed by atoms with E-state index in [1.807, 2.05) is 51.1 Å². The Morgan fingerprint density at radius 3 is 2.33 bits per heavy atom. The molecule has 3 N–H and O–H groups in total. The zero-order valence-electron chi connectivity index (χ0n) is 21.8. The minimum absolute atomic E-state index is 0.0489. The summed E-state index contributed by atoms with van der Waals surface area (Å²) in [5.74, 6) is -2.06. The maximum Gasteiger partial charge on any atom is 0.408 e. The van der Waals surface area contributed by atoms with Crippen LogP contribution in [0.4, 0.5) is 4.79 Å². The molecule has 1 aromatic rings. The average Bonchev–Trinajstić information content (AvgIpc) is 3.40. The van der Waals surface area contributed by atoms with Gasteiger partial charge in [0.05, 0.1) is 0 Å². The van der Waals surface area contributed by atoms with Crippen LogP contribution in [-0.2, 0) is 25.7 Å². The number of likely N-dealkylation sites (tertiary alicyclic amines) is 1. The monoisotopic (exact) mass is 501 g/mol. The Labute approximate surface area is 212 Å². The molecule has 0 spiro atoms. The molecular formula is C27H39N3O6. The summed E-state index contributed by atoms with van der Waals surface area (Å²) in [7, 11) is 0. The van der Waals surface area contributed by atoms with Crippen molar-refractivity contribution in [3.63, 3.8) is 0 Å². The third-order valence-corrected chi connectivity index (χ3v) is 7.26. The van der Waals surface area contributed by atoms with E-state index < -0.39 is 47.4 Å². The Kier molecular flexibility index (Phi) is 8.63. The number of rotatable bonds is 8. The van der Waals surface area contributed by atoms with E-state index in [4.69, 9.17) is 4.74 Å². The van der Waals surface area contributed by atoms with Crippen molar-refractivity contribution in [1.82, 2.24) is 15.5 Å². The van der Waals surface area contributed by atoms with Gasteiger partial charge in [-0.1, -0.05) is 71.4 Å². The number of amides is 3. The fourth-order valence-corrected chi connectivity index (χ4v) is 5.32. The van der Waals surface area contributed by atoms with Crippen LogP contribution in [0.25, 0.3) is 0 Å². The Morgan fingerprint density at radius 1 is 1.08 bits per heavy atom. The standard InChI is InChI=1S/C27H39N3O6/c1-16(2)20(28-26(35)36-15-17-10-7-6-8-11-17)23(31)29-22(27(3,4)5)24(32)30-14-18-12-9-13-19(18)21(30)25(33)34/h6-8,10-11,16,18-22H,9,12-15H2,1-5H3,(H,28,35)(H,29,31)(H,33,34)/t18-,19-,20-,21-,22-/m0/s1. The van der Waals surface area contributed by atoms with Crippen molar-refractivity contribution in [2.75, 3.05) is 6.54 Å². The molecule has 1 aliphatic heterocycles. The zero-order valence-corrected chi connectivity index (χ0v) is 21.8. The van der Waals surface area contributed by atoms with Crippen LogP contribution < -0.4 is 10.6 Å². The number of carbonyl (C=O) groups is 4. The molecule has 0 radical (unpaired) electrons. The summed E-state index contributed by atoms with van der Waals surface area (Å²) in [5.41, 5.74) is 0.142. The molecule has 9 nitrogen and oxygen atoms in total. The van der Waals surface area contributed by atoms with Crippen molar-refractivity contribution < 1.29 is 29.0 Å². The van der Waals surface area contributed by atoms with Crippen molar-refractivity contribution in [1.29, 1.82) is 0 Å². The summed E-state index contributed by atoms with van der Waals surface area (Å²) in [6.07, 6.45) is 1.95. The van der Waals surface area contributed by atoms with Gasteiger partial charge in [-0.25, -0.2) is 9.59 Å². The van der Waals surface area contributed by atoms with Crippen molar-refractivity contribution in [3.05, 3.63) is 35.9 Å². The first kappa shape index (κ1) is 27.5. The molecule has 198 valence electrons. The summed E-state index contributed by atoms with van der Waals surface area (Å²) in [6, 6.07) is 6.45. The first-order valence-electron chi connectivity index (χ1n) is 12.7. The molecule has 2 aliphatic rings. The molecule has 1 aromatic carbocycles. The van der Waals surface area contributed by atoms with E-state index in [-0.39, 0.29) is 24.4 Å². The third-order valence-electron chi connectivity index (χ3n) is 7.26. The molecule has 1 aliphatic carbocycles. The van der Waals surface area contributed by atoms with E-state index >= 15 is 0 Å². The van der Waals surface area contributed by atoms with Gasteiger partial charge in [-0.2, -0.15) is 0 Å². The first-order valence-corrected chi connectivity index (χ1v) is 12.7. The Hall–Kier alpha value is -3.10. The van der Waals surface area contributed by atoms with Gasteiger partial charge in [0.25, 0.3) is 0 Å². The number of alkyl carbamates (subject to hydrolysis) is 1. The normalized spacial score (nSPS) is 23.1. The number of carbonyl (C=O) groups excluding carboxylic acids is 3. The summed E-state index contributed by atoms with van der Waals surface area (Å²) in [4.78, 5) is 53.0. The number of benzene rings is 1. The van der Waals surface area contributed by atoms with Crippen LogP contribution in [0.15, 0.2) is 30.3 Å². The molecule has 9 heteroatoms. The van der Waals surface area contributed by atoms with Crippen LogP contribution in [0.5, 0.6) is 0 Å². The summed E-state index contributed by atoms with van der Waals surface area (Å²) in [5, 5.41) is 15.3. The van der Waals surface area contributed by atoms with Gasteiger partial charge in [0.1, 0.15) is 24.7 Å². The molecule has 1 saturated carbocycles. The van der Waals surface area contributed by atoms with Crippen molar-refractivity contribution in [3.8, 4) is 0 Å². The molecule has 36 heavy (non-hydrogen) atoms. The number of nitrogens with one attached hydrogen (secondary N) is 2. The van der Waals surface area contributed by atoms with Crippen LogP contribution in [0.2, 0.25) is 0 Å². The summed E-state index contributed by atoms with van der Waals surface area (Å²) in [6.45, 7) is 9.52. The van der Waals surface area contributed by atoms with E-state index in [1.54, 1.807) is 13.8 Å². The molecule has 3 rings (SSSR count). The lowest BCUT2D eigenvalue weighted by Crippen LogP contribution is -2.60. The molecule has 2 fully saturated rings. The maximum absolute atomic E-state index is 13.7. The maximum atomic E-state index is 13.7. The minimum atomic E-state index is -1.00. The second-order valence-electron chi connectivity index (χ2n) is 11.4. The van der Waals surface area contributed by atoms with Crippen LogP contribution >= 0.6 is 0 Å². The lowest BCUT2D eigenvalue weighted by molar-refractivity contribution is -0.152. The molecule has 3 amide bonds. The number of hydrogen-bond acceptors (Lipinski definition) is 5. The highest BCUT2D eigenvalue weighted by Crippen LogP contribution is 2.43. The van der Waals surface area contributed by atoms with Gasteiger partial charge in [0.15, 0.2) is 0 Å². The molecule has 0 aromatic heterocycles. The molecule has 5 atom stereocenters. The highest BCUT2D eigenvalue weighted by Gasteiger charge is 2.52. The lowest BCUT2D eigenvalue weighted by Gasteiger charge is -2.36. The molecule has 1 heterocycles. The van der Waals surface area contributed by atoms with E-state index in [1.165, 1.54) is 4.90 Å². The van der Waals surface area contributed by atoms with E-state index in [2.05, 4.69) is 10.6 Å². The Morgan fingerprint density at radius 2 is 1.75 bits per heavy atom. The first-order chi connectivity index (χ1) is 16.9. The van der Waals surface area contributed by atoms with Crippen molar-refractivity contribution >= 4 is 23.9 Å². The van der Waals surface area contributed by atoms with Crippen LogP contribution in [-0.4, -0.2) is 58.6 Å². The number of fused-ring (bicyclic) bond motifs is 1. The number of ether oxygens (including phenoxy) is 1. The fraction of sp³-hybridized carbons (Fsp3) is 0.630. The van der Waals surface area contributed by atoms with Gasteiger partial charge in [0, 0.05) is 6.54 Å². The van der Waals surface area contributed by atoms with E-state index in [9.17, 15) is 24.3 Å².